The Balaban J connectivity index is 1.72. The number of halogens is 2. The van der Waals surface area contributed by atoms with E-state index in [1.54, 1.807) is 24.1 Å². The molecule has 1 saturated heterocycles. The molecule has 42 heavy (non-hydrogen) atoms. The number of aromatic nitrogens is 4. The summed E-state index contributed by atoms with van der Waals surface area (Å²) in [5, 5.41) is 10.7. The van der Waals surface area contributed by atoms with Gasteiger partial charge in [-0.3, -0.25) is 14.3 Å². The van der Waals surface area contributed by atoms with Gasteiger partial charge in [-0.15, -0.1) is 0 Å². The molecule has 0 saturated carbocycles. The number of pyridine rings is 2. The number of ether oxygens (including phenoxy) is 1. The molecule has 0 spiro atoms. The fourth-order valence-electron chi connectivity index (χ4n) is 5.73. The number of phenolic OH excluding ortho intramolecular Hbond substituents is 1. The molecule has 3 aromatic heterocycles. The van der Waals surface area contributed by atoms with Crippen molar-refractivity contribution in [2.75, 3.05) is 31.1 Å². The summed E-state index contributed by atoms with van der Waals surface area (Å²) in [6.07, 6.45) is 2.84. The number of aromatic hydroxyl groups is 1. The zero-order valence-electron chi connectivity index (χ0n) is 23.3. The van der Waals surface area contributed by atoms with Gasteiger partial charge in [0.15, 0.2) is 5.82 Å². The first-order valence-corrected chi connectivity index (χ1v) is 13.5. The van der Waals surface area contributed by atoms with Crippen molar-refractivity contribution >= 4 is 22.6 Å². The lowest BCUT2D eigenvalue weighted by Crippen LogP contribution is -2.56. The minimum absolute atomic E-state index is 0.0189. The van der Waals surface area contributed by atoms with Crippen molar-refractivity contribution in [2.45, 2.75) is 32.7 Å². The van der Waals surface area contributed by atoms with Crippen LogP contribution in [0.25, 0.3) is 27.8 Å². The molecule has 5 heterocycles. The Bertz CT molecular complexity index is 1820. The number of hydrogen-bond donors (Lipinski definition) is 1. The van der Waals surface area contributed by atoms with Crippen molar-refractivity contribution in [3.05, 3.63) is 76.5 Å². The van der Waals surface area contributed by atoms with Gasteiger partial charge in [-0.1, -0.05) is 26.5 Å². The average molecular weight is 575 g/mol. The van der Waals surface area contributed by atoms with Crippen molar-refractivity contribution < 1.29 is 23.4 Å². The number of benzene rings is 1. The Morgan fingerprint density at radius 3 is 2.71 bits per heavy atom. The van der Waals surface area contributed by atoms with Gasteiger partial charge in [-0.05, 0) is 42.7 Å². The smallest absolute Gasteiger partial charge is 0.354 e. The molecule has 2 aliphatic rings. The van der Waals surface area contributed by atoms with E-state index >= 15 is 8.78 Å². The Kier molecular flexibility index (Phi) is 6.63. The van der Waals surface area contributed by atoms with Gasteiger partial charge in [-0.2, -0.15) is 4.98 Å². The predicted octanol–water partition coefficient (Wildman–Crippen LogP) is 3.85. The average Bonchev–Trinajstić information content (AvgIpc) is 3.11. The van der Waals surface area contributed by atoms with E-state index in [0.29, 0.717) is 30.0 Å². The Hall–Kier alpha value is -4.87. The van der Waals surface area contributed by atoms with Gasteiger partial charge in [0.2, 0.25) is 11.8 Å². The molecule has 1 aromatic carbocycles. The van der Waals surface area contributed by atoms with Crippen LogP contribution < -0.4 is 15.3 Å². The van der Waals surface area contributed by atoms with E-state index in [4.69, 9.17) is 4.74 Å². The highest BCUT2D eigenvalue weighted by atomic mass is 19.1. The van der Waals surface area contributed by atoms with Crippen LogP contribution in [0.15, 0.2) is 47.9 Å². The summed E-state index contributed by atoms with van der Waals surface area (Å²) in [6.45, 7) is 10.0. The van der Waals surface area contributed by atoms with Crippen LogP contribution in [0, 0.1) is 18.6 Å². The number of rotatable bonds is 4. The number of fused-ring (bicyclic) bond motifs is 2. The molecule has 1 amide bonds. The second-order valence-electron chi connectivity index (χ2n) is 10.7. The zero-order chi connectivity index (χ0) is 29.9. The minimum Gasteiger partial charge on any atom is -0.507 e. The van der Waals surface area contributed by atoms with E-state index in [1.807, 2.05) is 18.7 Å². The van der Waals surface area contributed by atoms with Crippen LogP contribution in [-0.2, 0) is 4.79 Å². The van der Waals surface area contributed by atoms with E-state index in [9.17, 15) is 14.7 Å². The standard InChI is InChI=1S/C30H28F2N6O4/c1-5-20(40)36-11-12-37-17(13-36)14-42-29-22-27(23(32)25(34-29)21-18(31)7-6-8-19(21)39)38(30(41)35-28(22)37)26-16(4)9-10-33-24(26)15(2)3/h5-10,15,17,39H,1,11-14H2,2-4H3/t17-/m1/s1. The molecule has 0 bridgehead atoms. The maximum Gasteiger partial charge on any atom is 0.354 e. The topological polar surface area (TPSA) is 114 Å². The second-order valence-corrected chi connectivity index (χ2v) is 10.7. The highest BCUT2D eigenvalue weighted by Crippen LogP contribution is 2.43. The number of amides is 1. The Morgan fingerprint density at radius 1 is 1.21 bits per heavy atom. The molecular weight excluding hydrogens is 546 g/mol. The van der Waals surface area contributed by atoms with Gasteiger partial charge in [-0.25, -0.2) is 18.6 Å². The third-order valence-corrected chi connectivity index (χ3v) is 7.73. The number of anilines is 1. The van der Waals surface area contributed by atoms with Crippen LogP contribution in [0.4, 0.5) is 14.6 Å². The molecule has 4 aromatic rings. The summed E-state index contributed by atoms with van der Waals surface area (Å²) in [4.78, 5) is 43.1. The van der Waals surface area contributed by atoms with E-state index in [2.05, 4.69) is 21.5 Å². The van der Waals surface area contributed by atoms with Crippen LogP contribution >= 0.6 is 0 Å². The van der Waals surface area contributed by atoms with Crippen molar-refractivity contribution in [2.24, 2.45) is 0 Å². The number of hydrogen-bond acceptors (Lipinski definition) is 8. The van der Waals surface area contributed by atoms with E-state index in [1.165, 1.54) is 18.2 Å². The predicted molar refractivity (Wildman–Crippen MR) is 152 cm³/mol. The molecule has 1 N–H and O–H groups in total. The number of nitrogens with zero attached hydrogens (tertiary/aromatic N) is 6. The van der Waals surface area contributed by atoms with E-state index in [-0.39, 0.29) is 47.6 Å². The first kappa shape index (κ1) is 27.3. The lowest BCUT2D eigenvalue weighted by atomic mass is 10.0. The van der Waals surface area contributed by atoms with Gasteiger partial charge in [0.05, 0.1) is 23.0 Å². The lowest BCUT2D eigenvalue weighted by molar-refractivity contribution is -0.126. The highest BCUT2D eigenvalue weighted by molar-refractivity contribution is 5.98. The Morgan fingerprint density at radius 2 is 2.00 bits per heavy atom. The number of carbonyl (C=O) groups is 1. The lowest BCUT2D eigenvalue weighted by Gasteiger charge is -2.40. The minimum atomic E-state index is -1.03. The maximum atomic E-state index is 16.9. The van der Waals surface area contributed by atoms with Gasteiger partial charge < -0.3 is 19.6 Å². The highest BCUT2D eigenvalue weighted by Gasteiger charge is 2.38. The third kappa shape index (κ3) is 4.16. The summed E-state index contributed by atoms with van der Waals surface area (Å²) in [5.74, 6) is -2.79. The molecule has 6 rings (SSSR count). The fourth-order valence-corrected chi connectivity index (χ4v) is 5.73. The fraction of sp³-hybridized carbons (Fsp3) is 0.300. The molecule has 12 heteroatoms. The van der Waals surface area contributed by atoms with Crippen LogP contribution in [0.1, 0.15) is 31.0 Å². The van der Waals surface area contributed by atoms with Crippen LogP contribution in [0.5, 0.6) is 11.6 Å². The normalized spacial score (nSPS) is 16.3. The van der Waals surface area contributed by atoms with Gasteiger partial charge in [0.1, 0.15) is 40.6 Å². The van der Waals surface area contributed by atoms with Gasteiger partial charge >= 0.3 is 5.69 Å². The Labute approximate surface area is 239 Å². The number of aryl methyl sites for hydroxylation is 1. The molecule has 0 unspecified atom stereocenters. The summed E-state index contributed by atoms with van der Waals surface area (Å²) in [6, 6.07) is 4.86. The van der Waals surface area contributed by atoms with Crippen molar-refractivity contribution in [1.82, 2.24) is 24.4 Å². The second kappa shape index (κ2) is 10.2. The van der Waals surface area contributed by atoms with E-state index < -0.39 is 40.4 Å². The van der Waals surface area contributed by atoms with Gasteiger partial charge in [0, 0.05) is 25.8 Å². The summed E-state index contributed by atoms with van der Waals surface area (Å²) < 4.78 is 39.3. The largest absolute Gasteiger partial charge is 0.507 e. The zero-order valence-corrected chi connectivity index (χ0v) is 23.3. The molecule has 1 atom stereocenters. The first-order valence-electron chi connectivity index (χ1n) is 13.5. The summed E-state index contributed by atoms with van der Waals surface area (Å²) >= 11 is 0. The summed E-state index contributed by atoms with van der Waals surface area (Å²) in [5.41, 5.74) is -0.466. The molecule has 0 radical (unpaired) electrons. The number of carbonyl (C=O) groups excluding carboxylic acids is 1. The molecule has 10 nitrogen and oxygen atoms in total. The number of piperazine rings is 1. The molecule has 0 aliphatic carbocycles. The van der Waals surface area contributed by atoms with Crippen LogP contribution in [0.2, 0.25) is 0 Å². The third-order valence-electron chi connectivity index (χ3n) is 7.73. The van der Waals surface area contributed by atoms with Crippen molar-refractivity contribution in [3.8, 4) is 28.6 Å². The molecule has 2 aliphatic heterocycles. The van der Waals surface area contributed by atoms with Gasteiger partial charge in [0.25, 0.3) is 0 Å². The van der Waals surface area contributed by atoms with Crippen LogP contribution in [0.3, 0.4) is 0 Å². The molecule has 216 valence electrons. The molecular formula is C30H28F2N6O4. The quantitative estimate of drug-likeness (QED) is 0.366. The van der Waals surface area contributed by atoms with E-state index in [0.717, 1.165) is 10.6 Å². The summed E-state index contributed by atoms with van der Waals surface area (Å²) in [7, 11) is 0. The molecule has 1 fully saturated rings. The first-order chi connectivity index (χ1) is 20.1. The number of phenols is 1. The maximum absolute atomic E-state index is 16.9. The SMILES string of the molecule is C=CC(=O)N1CCN2c3nc(=O)n(-c4c(C)ccnc4C(C)C)c4c(F)c(-c5c(O)cccc5F)nc(c34)OC[C@H]2C1. The van der Waals surface area contributed by atoms with Crippen molar-refractivity contribution in [3.63, 3.8) is 0 Å². The van der Waals surface area contributed by atoms with Crippen molar-refractivity contribution in [1.29, 1.82) is 0 Å². The van der Waals surface area contributed by atoms with Crippen LogP contribution in [-0.4, -0.2) is 67.7 Å². The monoisotopic (exact) mass is 574 g/mol.